The van der Waals surface area contributed by atoms with E-state index in [4.69, 9.17) is 38.2 Å². The fourth-order valence-corrected chi connectivity index (χ4v) is 2.81. The lowest BCUT2D eigenvalue weighted by molar-refractivity contribution is 0.241. The first kappa shape index (κ1) is 17.3. The number of nitrogens with two attached hydrogens (primary N) is 1. The zero-order chi connectivity index (χ0) is 14.9. The van der Waals surface area contributed by atoms with E-state index < -0.39 is 5.54 Å². The van der Waals surface area contributed by atoms with Gasteiger partial charge in [-0.1, -0.05) is 41.2 Å². The zero-order valence-electron chi connectivity index (χ0n) is 11.7. The number of benzene rings is 1. The largest absolute Gasteiger partial charge is 0.482 e. The molecular weight excluding hydrogens is 349 g/mol. The SMILES string of the molecule is Cl.NC1(c2noc(COc3cc(Cl)ccc3Cl)n2)CCCC1. The Labute approximate surface area is 144 Å². The van der Waals surface area contributed by atoms with Gasteiger partial charge in [-0.05, 0) is 25.0 Å². The fraction of sp³-hybridized carbons (Fsp3) is 0.429. The van der Waals surface area contributed by atoms with Crippen molar-refractivity contribution in [3.8, 4) is 5.75 Å². The molecule has 0 bridgehead atoms. The maximum absolute atomic E-state index is 6.28. The summed E-state index contributed by atoms with van der Waals surface area (Å²) in [6.45, 7) is 0.128. The molecular formula is C14H16Cl3N3O2. The van der Waals surface area contributed by atoms with Crippen molar-refractivity contribution in [2.45, 2.75) is 37.8 Å². The van der Waals surface area contributed by atoms with Crippen molar-refractivity contribution in [2.24, 2.45) is 5.73 Å². The van der Waals surface area contributed by atoms with Crippen molar-refractivity contribution >= 4 is 35.6 Å². The van der Waals surface area contributed by atoms with E-state index in [2.05, 4.69) is 10.1 Å². The van der Waals surface area contributed by atoms with Crippen LogP contribution in [-0.4, -0.2) is 10.1 Å². The number of nitrogens with zero attached hydrogens (tertiary/aromatic N) is 2. The van der Waals surface area contributed by atoms with Crippen LogP contribution in [0, 0.1) is 0 Å². The van der Waals surface area contributed by atoms with Gasteiger partial charge in [0, 0.05) is 11.1 Å². The molecule has 1 saturated carbocycles. The standard InChI is InChI=1S/C14H15Cl2N3O2.ClH/c15-9-3-4-10(16)11(7-9)20-8-12-18-13(19-21-12)14(17)5-1-2-6-14;/h3-4,7H,1-2,5-6,8,17H2;1H. The summed E-state index contributed by atoms with van der Waals surface area (Å²) in [5.41, 5.74) is 5.82. The van der Waals surface area contributed by atoms with E-state index in [1.165, 1.54) is 0 Å². The van der Waals surface area contributed by atoms with Crippen LogP contribution in [0.2, 0.25) is 10.0 Å². The Hall–Kier alpha value is -1.01. The number of rotatable bonds is 4. The second kappa shape index (κ2) is 7.04. The third-order valence-corrected chi connectivity index (χ3v) is 4.20. The third kappa shape index (κ3) is 3.66. The summed E-state index contributed by atoms with van der Waals surface area (Å²) < 4.78 is 10.8. The topological polar surface area (TPSA) is 74.2 Å². The van der Waals surface area contributed by atoms with Gasteiger partial charge in [-0.3, -0.25) is 0 Å². The van der Waals surface area contributed by atoms with Gasteiger partial charge in [-0.25, -0.2) is 0 Å². The van der Waals surface area contributed by atoms with Crippen LogP contribution in [0.3, 0.4) is 0 Å². The third-order valence-electron chi connectivity index (χ3n) is 3.65. The molecule has 120 valence electrons. The molecule has 0 atom stereocenters. The lowest BCUT2D eigenvalue weighted by Gasteiger charge is -2.17. The molecule has 0 aliphatic heterocycles. The molecule has 1 fully saturated rings. The smallest absolute Gasteiger partial charge is 0.264 e. The molecule has 1 heterocycles. The lowest BCUT2D eigenvalue weighted by Crippen LogP contribution is -2.34. The van der Waals surface area contributed by atoms with E-state index in [0.717, 1.165) is 25.7 Å². The summed E-state index contributed by atoms with van der Waals surface area (Å²) in [7, 11) is 0. The summed E-state index contributed by atoms with van der Waals surface area (Å²) in [4.78, 5) is 4.33. The van der Waals surface area contributed by atoms with Gasteiger partial charge >= 0.3 is 0 Å². The van der Waals surface area contributed by atoms with Crippen LogP contribution in [0.25, 0.3) is 0 Å². The maximum atomic E-state index is 6.28. The molecule has 1 aromatic carbocycles. The molecule has 2 N–H and O–H groups in total. The van der Waals surface area contributed by atoms with Gasteiger partial charge in [0.2, 0.25) is 0 Å². The number of ether oxygens (including phenoxy) is 1. The molecule has 22 heavy (non-hydrogen) atoms. The van der Waals surface area contributed by atoms with Crippen molar-refractivity contribution in [1.29, 1.82) is 0 Å². The summed E-state index contributed by atoms with van der Waals surface area (Å²) >= 11 is 11.9. The minimum Gasteiger partial charge on any atom is -0.482 e. The van der Waals surface area contributed by atoms with Crippen molar-refractivity contribution in [3.63, 3.8) is 0 Å². The van der Waals surface area contributed by atoms with Crippen LogP contribution in [0.15, 0.2) is 22.7 Å². The van der Waals surface area contributed by atoms with Crippen LogP contribution in [-0.2, 0) is 12.1 Å². The van der Waals surface area contributed by atoms with E-state index in [-0.39, 0.29) is 19.0 Å². The van der Waals surface area contributed by atoms with Crippen LogP contribution >= 0.6 is 35.6 Å². The summed E-state index contributed by atoms with van der Waals surface area (Å²) in [5, 5.41) is 5.00. The predicted molar refractivity (Wildman–Crippen MR) is 86.7 cm³/mol. The van der Waals surface area contributed by atoms with E-state index in [1.807, 2.05) is 0 Å². The minimum absolute atomic E-state index is 0. The molecule has 3 rings (SSSR count). The zero-order valence-corrected chi connectivity index (χ0v) is 14.0. The Morgan fingerprint density at radius 3 is 2.73 bits per heavy atom. The van der Waals surface area contributed by atoms with Gasteiger partial charge in [-0.15, -0.1) is 12.4 Å². The summed E-state index contributed by atoms with van der Waals surface area (Å²) in [6.07, 6.45) is 3.95. The van der Waals surface area contributed by atoms with Crippen molar-refractivity contribution in [2.75, 3.05) is 0 Å². The highest BCUT2D eigenvalue weighted by Gasteiger charge is 2.35. The number of hydrogen-bond acceptors (Lipinski definition) is 5. The van der Waals surface area contributed by atoms with E-state index >= 15 is 0 Å². The van der Waals surface area contributed by atoms with Gasteiger partial charge in [-0.2, -0.15) is 4.98 Å². The average Bonchev–Trinajstić information content (AvgIpc) is 3.10. The minimum atomic E-state index is -0.463. The van der Waals surface area contributed by atoms with E-state index in [0.29, 0.717) is 27.5 Å². The molecule has 0 spiro atoms. The van der Waals surface area contributed by atoms with Crippen molar-refractivity contribution in [1.82, 2.24) is 10.1 Å². The highest BCUT2D eigenvalue weighted by molar-refractivity contribution is 6.34. The lowest BCUT2D eigenvalue weighted by atomic mass is 9.99. The molecule has 0 amide bonds. The van der Waals surface area contributed by atoms with E-state index in [1.54, 1.807) is 18.2 Å². The molecule has 1 aromatic heterocycles. The molecule has 2 aromatic rings. The van der Waals surface area contributed by atoms with Crippen LogP contribution < -0.4 is 10.5 Å². The number of aromatic nitrogens is 2. The Morgan fingerprint density at radius 2 is 2.00 bits per heavy atom. The van der Waals surface area contributed by atoms with Crippen LogP contribution in [0.5, 0.6) is 5.75 Å². The second-order valence-corrected chi connectivity index (χ2v) is 6.08. The highest BCUT2D eigenvalue weighted by atomic mass is 35.5. The van der Waals surface area contributed by atoms with Crippen molar-refractivity contribution < 1.29 is 9.26 Å². The van der Waals surface area contributed by atoms with Gasteiger partial charge in [0.25, 0.3) is 5.89 Å². The highest BCUT2D eigenvalue weighted by Crippen LogP contribution is 2.34. The quantitative estimate of drug-likeness (QED) is 0.884. The maximum Gasteiger partial charge on any atom is 0.264 e. The predicted octanol–water partition coefficient (Wildman–Crippen LogP) is 4.11. The first-order valence-electron chi connectivity index (χ1n) is 6.77. The van der Waals surface area contributed by atoms with Gasteiger partial charge in [0.05, 0.1) is 10.6 Å². The van der Waals surface area contributed by atoms with Gasteiger partial charge in [0.1, 0.15) is 5.75 Å². The Balaban J connectivity index is 0.00000176. The molecule has 5 nitrogen and oxygen atoms in total. The second-order valence-electron chi connectivity index (χ2n) is 5.24. The van der Waals surface area contributed by atoms with Crippen molar-refractivity contribution in [3.05, 3.63) is 40.0 Å². The number of halogens is 3. The number of hydrogen-bond donors (Lipinski definition) is 1. The molecule has 1 aliphatic rings. The monoisotopic (exact) mass is 363 g/mol. The Bertz CT molecular complexity index is 642. The fourth-order valence-electron chi connectivity index (χ4n) is 2.47. The summed E-state index contributed by atoms with van der Waals surface area (Å²) in [5.74, 6) is 1.40. The Kier molecular flexibility index (Phi) is 5.55. The molecule has 8 heteroatoms. The summed E-state index contributed by atoms with van der Waals surface area (Å²) in [6, 6.07) is 5.01. The molecule has 0 unspecified atom stereocenters. The van der Waals surface area contributed by atoms with Gasteiger partial charge in [0.15, 0.2) is 12.4 Å². The Morgan fingerprint density at radius 1 is 1.27 bits per heavy atom. The van der Waals surface area contributed by atoms with Gasteiger partial charge < -0.3 is 15.0 Å². The first-order chi connectivity index (χ1) is 10.1. The molecule has 1 aliphatic carbocycles. The molecule has 0 saturated heterocycles. The van der Waals surface area contributed by atoms with Crippen LogP contribution in [0.1, 0.15) is 37.4 Å². The van der Waals surface area contributed by atoms with E-state index in [9.17, 15) is 0 Å². The van der Waals surface area contributed by atoms with Crippen LogP contribution in [0.4, 0.5) is 0 Å². The average molecular weight is 365 g/mol. The molecule has 0 radical (unpaired) electrons. The normalized spacial score (nSPS) is 16.3. The first-order valence-corrected chi connectivity index (χ1v) is 7.52.